The monoisotopic (exact) mass is 278 g/mol. The van der Waals surface area contributed by atoms with Crippen LogP contribution in [0.25, 0.3) is 0 Å². The van der Waals surface area contributed by atoms with Gasteiger partial charge in [-0.2, -0.15) is 0 Å². The van der Waals surface area contributed by atoms with E-state index < -0.39 is 6.10 Å². The first-order valence-corrected chi connectivity index (χ1v) is 7.30. The first-order chi connectivity index (χ1) is 9.49. The smallest absolute Gasteiger partial charge is 0.224 e. The van der Waals surface area contributed by atoms with E-state index in [1.54, 1.807) is 0 Å². The van der Waals surface area contributed by atoms with Crippen LogP contribution in [0, 0.1) is 5.92 Å². The van der Waals surface area contributed by atoms with Gasteiger partial charge in [0, 0.05) is 18.2 Å². The molecule has 3 N–H and O–H groups in total. The lowest BCUT2D eigenvalue weighted by Crippen LogP contribution is -2.39. The molecule has 1 aromatic rings. The largest absolute Gasteiger partial charge is 0.387 e. The molecule has 0 saturated carbocycles. The number of carbonyl (C=O) groups excluding carboxylic acids is 1. The normalized spacial score (nSPS) is 14.1. The third-order valence-corrected chi connectivity index (χ3v) is 3.36. The number of rotatable bonds is 7. The van der Waals surface area contributed by atoms with Gasteiger partial charge >= 0.3 is 0 Å². The van der Waals surface area contributed by atoms with E-state index in [0.29, 0.717) is 12.3 Å². The van der Waals surface area contributed by atoms with Crippen molar-refractivity contribution < 1.29 is 9.90 Å². The minimum atomic E-state index is -0.550. The van der Waals surface area contributed by atoms with Crippen molar-refractivity contribution in [1.29, 1.82) is 0 Å². The van der Waals surface area contributed by atoms with Crippen LogP contribution in [-0.4, -0.2) is 23.6 Å². The van der Waals surface area contributed by atoms with Crippen LogP contribution in [-0.2, 0) is 4.79 Å². The Labute approximate surface area is 121 Å². The average molecular weight is 278 g/mol. The Morgan fingerprint density at radius 2 is 1.80 bits per heavy atom. The van der Waals surface area contributed by atoms with E-state index in [9.17, 15) is 9.90 Å². The maximum Gasteiger partial charge on any atom is 0.224 e. The second-order valence-electron chi connectivity index (χ2n) is 5.30. The van der Waals surface area contributed by atoms with Gasteiger partial charge in [0.1, 0.15) is 0 Å². The molecule has 20 heavy (non-hydrogen) atoms. The molecule has 0 aliphatic rings. The molecule has 2 unspecified atom stereocenters. The van der Waals surface area contributed by atoms with Gasteiger partial charge in [-0.25, -0.2) is 0 Å². The SMILES string of the molecule is CCNC(C(C)C)C(O)c1ccc(NC(=O)CC)cc1. The van der Waals surface area contributed by atoms with Gasteiger partial charge in [0.25, 0.3) is 0 Å². The van der Waals surface area contributed by atoms with Gasteiger partial charge in [0.2, 0.25) is 5.91 Å². The molecule has 1 amide bonds. The van der Waals surface area contributed by atoms with Gasteiger partial charge in [0.05, 0.1) is 6.10 Å². The predicted octanol–water partition coefficient (Wildman–Crippen LogP) is 2.70. The summed E-state index contributed by atoms with van der Waals surface area (Å²) < 4.78 is 0. The number of aliphatic hydroxyl groups excluding tert-OH is 1. The highest BCUT2D eigenvalue weighted by Gasteiger charge is 2.22. The summed E-state index contributed by atoms with van der Waals surface area (Å²) in [5.74, 6) is 0.329. The van der Waals surface area contributed by atoms with Crippen molar-refractivity contribution in [1.82, 2.24) is 5.32 Å². The molecule has 1 rings (SSSR count). The fourth-order valence-corrected chi connectivity index (χ4v) is 2.17. The zero-order valence-corrected chi connectivity index (χ0v) is 12.8. The summed E-state index contributed by atoms with van der Waals surface area (Å²) in [6.45, 7) is 8.85. The molecule has 4 nitrogen and oxygen atoms in total. The summed E-state index contributed by atoms with van der Waals surface area (Å²) in [4.78, 5) is 11.3. The zero-order chi connectivity index (χ0) is 15.1. The van der Waals surface area contributed by atoms with Crippen molar-refractivity contribution in [3.63, 3.8) is 0 Å². The molecule has 4 heteroatoms. The number of carbonyl (C=O) groups is 1. The fraction of sp³-hybridized carbons (Fsp3) is 0.562. The topological polar surface area (TPSA) is 61.4 Å². The summed E-state index contributed by atoms with van der Waals surface area (Å²) in [5.41, 5.74) is 1.62. The minimum Gasteiger partial charge on any atom is -0.387 e. The van der Waals surface area contributed by atoms with Gasteiger partial charge in [-0.05, 0) is 30.2 Å². The molecule has 0 spiro atoms. The lowest BCUT2D eigenvalue weighted by Gasteiger charge is -2.27. The summed E-state index contributed by atoms with van der Waals surface area (Å²) in [6.07, 6.45) is -0.0916. The number of aliphatic hydroxyl groups is 1. The Balaban J connectivity index is 2.78. The van der Waals surface area contributed by atoms with E-state index in [0.717, 1.165) is 17.8 Å². The summed E-state index contributed by atoms with van der Waals surface area (Å²) in [7, 11) is 0. The summed E-state index contributed by atoms with van der Waals surface area (Å²) in [5, 5.41) is 16.6. The Hall–Kier alpha value is -1.39. The third kappa shape index (κ3) is 4.62. The number of hydrogen-bond acceptors (Lipinski definition) is 3. The van der Waals surface area contributed by atoms with Crippen molar-refractivity contribution in [2.75, 3.05) is 11.9 Å². The van der Waals surface area contributed by atoms with Crippen LogP contribution >= 0.6 is 0 Å². The lowest BCUT2D eigenvalue weighted by molar-refractivity contribution is -0.115. The number of hydrogen-bond donors (Lipinski definition) is 3. The molecule has 0 aliphatic carbocycles. The number of amides is 1. The van der Waals surface area contributed by atoms with Crippen LogP contribution in [0.1, 0.15) is 45.8 Å². The zero-order valence-electron chi connectivity index (χ0n) is 12.8. The molecular weight excluding hydrogens is 252 g/mol. The number of benzene rings is 1. The van der Waals surface area contributed by atoms with E-state index in [4.69, 9.17) is 0 Å². The maximum absolute atomic E-state index is 11.3. The average Bonchev–Trinajstić information content (AvgIpc) is 2.44. The fourth-order valence-electron chi connectivity index (χ4n) is 2.17. The second-order valence-corrected chi connectivity index (χ2v) is 5.30. The van der Waals surface area contributed by atoms with E-state index in [2.05, 4.69) is 24.5 Å². The van der Waals surface area contributed by atoms with Crippen LogP contribution in [0.5, 0.6) is 0 Å². The Morgan fingerprint density at radius 3 is 2.25 bits per heavy atom. The van der Waals surface area contributed by atoms with Gasteiger partial charge in [-0.15, -0.1) is 0 Å². The molecule has 0 fully saturated rings. The van der Waals surface area contributed by atoms with Gasteiger partial charge in [-0.3, -0.25) is 4.79 Å². The van der Waals surface area contributed by atoms with Crippen LogP contribution < -0.4 is 10.6 Å². The van der Waals surface area contributed by atoms with Crippen LogP contribution in [0.15, 0.2) is 24.3 Å². The van der Waals surface area contributed by atoms with Crippen molar-refractivity contribution in [2.45, 2.75) is 46.3 Å². The molecule has 0 radical (unpaired) electrons. The highest BCUT2D eigenvalue weighted by Crippen LogP contribution is 2.23. The highest BCUT2D eigenvalue weighted by atomic mass is 16.3. The van der Waals surface area contributed by atoms with Crippen molar-refractivity contribution in [3.8, 4) is 0 Å². The van der Waals surface area contributed by atoms with E-state index >= 15 is 0 Å². The van der Waals surface area contributed by atoms with Crippen molar-refractivity contribution in [2.24, 2.45) is 5.92 Å². The first kappa shape index (κ1) is 16.7. The summed E-state index contributed by atoms with van der Waals surface area (Å²) >= 11 is 0. The van der Waals surface area contributed by atoms with Crippen LogP contribution in [0.4, 0.5) is 5.69 Å². The maximum atomic E-state index is 11.3. The van der Waals surface area contributed by atoms with Crippen LogP contribution in [0.2, 0.25) is 0 Å². The number of likely N-dealkylation sites (N-methyl/N-ethyl adjacent to an activating group) is 1. The molecule has 0 bridgehead atoms. The predicted molar refractivity (Wildman–Crippen MR) is 82.6 cm³/mol. The van der Waals surface area contributed by atoms with Crippen LogP contribution in [0.3, 0.4) is 0 Å². The van der Waals surface area contributed by atoms with E-state index in [1.807, 2.05) is 38.1 Å². The Bertz CT molecular complexity index is 415. The standard InChI is InChI=1S/C16H26N2O2/c1-5-14(19)18-13-9-7-12(8-10-13)16(20)15(11(3)4)17-6-2/h7-11,15-17,20H,5-6H2,1-4H3,(H,18,19). The number of anilines is 1. The highest BCUT2D eigenvalue weighted by molar-refractivity contribution is 5.90. The molecule has 112 valence electrons. The van der Waals surface area contributed by atoms with Gasteiger partial charge in [-0.1, -0.05) is 39.8 Å². The number of nitrogens with one attached hydrogen (secondary N) is 2. The van der Waals surface area contributed by atoms with Gasteiger partial charge in [0.15, 0.2) is 0 Å². The Morgan fingerprint density at radius 1 is 1.20 bits per heavy atom. The molecule has 1 aromatic carbocycles. The van der Waals surface area contributed by atoms with E-state index in [1.165, 1.54) is 0 Å². The molecule has 0 aromatic heterocycles. The lowest BCUT2D eigenvalue weighted by atomic mass is 9.93. The quantitative estimate of drug-likeness (QED) is 0.718. The van der Waals surface area contributed by atoms with Crippen molar-refractivity contribution in [3.05, 3.63) is 29.8 Å². The van der Waals surface area contributed by atoms with Crippen molar-refractivity contribution >= 4 is 11.6 Å². The molecule has 2 atom stereocenters. The van der Waals surface area contributed by atoms with E-state index in [-0.39, 0.29) is 11.9 Å². The van der Waals surface area contributed by atoms with Gasteiger partial charge < -0.3 is 15.7 Å². The minimum absolute atomic E-state index is 0.00833. The molecule has 0 heterocycles. The molecule has 0 aliphatic heterocycles. The molecule has 0 saturated heterocycles. The molecular formula is C16H26N2O2. The Kier molecular flexibility index (Phi) is 6.68. The first-order valence-electron chi connectivity index (χ1n) is 7.30. The summed E-state index contributed by atoms with van der Waals surface area (Å²) in [6, 6.07) is 7.41. The third-order valence-electron chi connectivity index (χ3n) is 3.36. The second kappa shape index (κ2) is 8.02.